The zero-order chi connectivity index (χ0) is 14.5. The summed E-state index contributed by atoms with van der Waals surface area (Å²) in [6.45, 7) is 2.51. The molecule has 1 aliphatic rings. The second-order valence-corrected chi connectivity index (χ2v) is 4.97. The Kier molecular flexibility index (Phi) is 4.74. The van der Waals surface area contributed by atoms with Gasteiger partial charge in [0.25, 0.3) is 5.91 Å². The van der Waals surface area contributed by atoms with Crippen LogP contribution in [0.5, 0.6) is 0 Å². The van der Waals surface area contributed by atoms with Gasteiger partial charge in [-0.15, -0.1) is 0 Å². The maximum absolute atomic E-state index is 12.2. The second kappa shape index (κ2) is 6.52. The number of likely N-dealkylation sites (tertiary alicyclic amines) is 1. The first-order chi connectivity index (χ1) is 9.59. The van der Waals surface area contributed by atoms with Crippen LogP contribution in [0.15, 0.2) is 30.3 Å². The highest BCUT2D eigenvalue weighted by Gasteiger charge is 2.36. The number of carboxylic acid groups (broad SMARTS) is 1. The van der Waals surface area contributed by atoms with E-state index in [0.29, 0.717) is 19.6 Å². The summed E-state index contributed by atoms with van der Waals surface area (Å²) in [5.41, 5.74) is 0.989. The van der Waals surface area contributed by atoms with Crippen LogP contribution in [0.1, 0.15) is 25.3 Å². The van der Waals surface area contributed by atoms with Gasteiger partial charge in [0.05, 0.1) is 6.61 Å². The van der Waals surface area contributed by atoms with Crippen molar-refractivity contribution in [2.24, 2.45) is 0 Å². The summed E-state index contributed by atoms with van der Waals surface area (Å²) in [6, 6.07) is 8.88. The molecule has 1 aromatic carbocycles. The molecule has 1 aliphatic heterocycles. The van der Waals surface area contributed by atoms with E-state index < -0.39 is 18.1 Å². The summed E-state index contributed by atoms with van der Waals surface area (Å²) in [6.07, 6.45) is 0.621. The molecule has 0 spiro atoms. The van der Waals surface area contributed by atoms with Crippen molar-refractivity contribution in [1.29, 1.82) is 0 Å². The first-order valence-electron chi connectivity index (χ1n) is 6.78. The molecule has 5 heteroatoms. The lowest BCUT2D eigenvalue weighted by molar-refractivity contribution is -0.153. The molecule has 0 saturated carbocycles. The Morgan fingerprint density at radius 2 is 2.10 bits per heavy atom. The van der Waals surface area contributed by atoms with Crippen LogP contribution in [-0.4, -0.2) is 40.6 Å². The summed E-state index contributed by atoms with van der Waals surface area (Å²) >= 11 is 0. The van der Waals surface area contributed by atoms with Crippen molar-refractivity contribution in [3.8, 4) is 0 Å². The van der Waals surface area contributed by atoms with Crippen LogP contribution in [0, 0.1) is 0 Å². The minimum absolute atomic E-state index is 0.245. The molecular weight excluding hydrogens is 258 g/mol. The predicted octanol–water partition coefficient (Wildman–Crippen LogP) is 1.67. The molecule has 0 unspecified atom stereocenters. The lowest BCUT2D eigenvalue weighted by Crippen LogP contribution is -2.45. The first-order valence-corrected chi connectivity index (χ1v) is 6.78. The van der Waals surface area contributed by atoms with E-state index in [-0.39, 0.29) is 5.91 Å². The van der Waals surface area contributed by atoms with Gasteiger partial charge in [0, 0.05) is 6.54 Å². The van der Waals surface area contributed by atoms with Crippen molar-refractivity contribution in [2.75, 3.05) is 6.54 Å². The number of hydrogen-bond donors (Lipinski definition) is 1. The molecule has 0 radical (unpaired) electrons. The van der Waals surface area contributed by atoms with Gasteiger partial charge >= 0.3 is 5.97 Å². The van der Waals surface area contributed by atoms with Crippen LogP contribution < -0.4 is 0 Å². The zero-order valence-electron chi connectivity index (χ0n) is 11.5. The van der Waals surface area contributed by atoms with Crippen molar-refractivity contribution >= 4 is 11.9 Å². The van der Waals surface area contributed by atoms with Crippen LogP contribution >= 0.6 is 0 Å². The highest BCUT2D eigenvalue weighted by atomic mass is 16.5. The molecule has 1 fully saturated rings. The minimum Gasteiger partial charge on any atom is -0.480 e. The molecule has 2 atom stereocenters. The highest BCUT2D eigenvalue weighted by Crippen LogP contribution is 2.19. The molecule has 1 N–H and O–H groups in total. The molecule has 1 amide bonds. The smallest absolute Gasteiger partial charge is 0.326 e. The van der Waals surface area contributed by atoms with Crippen LogP contribution in [0.4, 0.5) is 0 Å². The SMILES string of the molecule is C[C@@H](OCc1ccccc1)C(=O)N1CCC[C@@H]1C(=O)O. The number of carbonyl (C=O) groups excluding carboxylic acids is 1. The number of nitrogens with zero attached hydrogens (tertiary/aromatic N) is 1. The summed E-state index contributed by atoms with van der Waals surface area (Å²) in [4.78, 5) is 24.7. The molecule has 1 aromatic rings. The number of rotatable bonds is 5. The van der Waals surface area contributed by atoms with Crippen LogP contribution in [0.3, 0.4) is 0 Å². The van der Waals surface area contributed by atoms with Crippen molar-refractivity contribution in [2.45, 2.75) is 38.5 Å². The molecule has 5 nitrogen and oxygen atoms in total. The van der Waals surface area contributed by atoms with E-state index in [1.807, 2.05) is 30.3 Å². The lowest BCUT2D eigenvalue weighted by Gasteiger charge is -2.24. The number of carbonyl (C=O) groups is 2. The molecule has 1 saturated heterocycles. The Labute approximate surface area is 118 Å². The number of carboxylic acids is 1. The van der Waals surface area contributed by atoms with Crippen LogP contribution in [-0.2, 0) is 20.9 Å². The van der Waals surface area contributed by atoms with E-state index in [4.69, 9.17) is 9.84 Å². The number of ether oxygens (including phenoxy) is 1. The van der Waals surface area contributed by atoms with Crippen LogP contribution in [0.25, 0.3) is 0 Å². The summed E-state index contributed by atoms with van der Waals surface area (Å²) in [5.74, 6) is -1.18. The topological polar surface area (TPSA) is 66.8 Å². The fourth-order valence-electron chi connectivity index (χ4n) is 2.39. The van der Waals surface area contributed by atoms with Crippen molar-refractivity contribution in [3.05, 3.63) is 35.9 Å². The molecular formula is C15H19NO4. The van der Waals surface area contributed by atoms with E-state index in [1.54, 1.807) is 6.92 Å². The van der Waals surface area contributed by atoms with Crippen LogP contribution in [0.2, 0.25) is 0 Å². The van der Waals surface area contributed by atoms with Gasteiger partial charge < -0.3 is 14.7 Å². The highest BCUT2D eigenvalue weighted by molar-refractivity contribution is 5.86. The molecule has 20 heavy (non-hydrogen) atoms. The predicted molar refractivity (Wildman–Crippen MR) is 73.1 cm³/mol. The molecule has 0 aliphatic carbocycles. The van der Waals surface area contributed by atoms with Gasteiger partial charge in [-0.3, -0.25) is 4.79 Å². The third-order valence-electron chi connectivity index (χ3n) is 3.51. The monoisotopic (exact) mass is 277 g/mol. The van der Waals surface area contributed by atoms with E-state index in [0.717, 1.165) is 12.0 Å². The number of amides is 1. The largest absolute Gasteiger partial charge is 0.480 e. The Balaban J connectivity index is 1.90. The molecule has 0 aromatic heterocycles. The maximum atomic E-state index is 12.2. The summed E-state index contributed by atoms with van der Waals surface area (Å²) in [5, 5.41) is 9.09. The first kappa shape index (κ1) is 14.5. The van der Waals surface area contributed by atoms with E-state index in [9.17, 15) is 9.59 Å². The zero-order valence-corrected chi connectivity index (χ0v) is 11.5. The van der Waals surface area contributed by atoms with Gasteiger partial charge in [0.1, 0.15) is 12.1 Å². The molecule has 0 bridgehead atoms. The van der Waals surface area contributed by atoms with Gasteiger partial charge in [-0.2, -0.15) is 0 Å². The average molecular weight is 277 g/mol. The third kappa shape index (κ3) is 3.36. The van der Waals surface area contributed by atoms with Gasteiger partial charge in [-0.05, 0) is 25.3 Å². The molecule has 2 rings (SSSR count). The van der Waals surface area contributed by atoms with E-state index >= 15 is 0 Å². The molecule has 1 heterocycles. The van der Waals surface area contributed by atoms with Crippen molar-refractivity contribution in [3.63, 3.8) is 0 Å². The number of hydrogen-bond acceptors (Lipinski definition) is 3. The summed E-state index contributed by atoms with van der Waals surface area (Å²) < 4.78 is 5.55. The fraction of sp³-hybridized carbons (Fsp3) is 0.467. The number of aliphatic carboxylic acids is 1. The van der Waals surface area contributed by atoms with E-state index in [2.05, 4.69) is 0 Å². The minimum atomic E-state index is -0.939. The standard InChI is InChI=1S/C15H19NO4/c1-11(20-10-12-6-3-2-4-7-12)14(17)16-9-5-8-13(16)15(18)19/h2-4,6-7,11,13H,5,8-10H2,1H3,(H,18,19)/t11-,13-/m1/s1. The van der Waals surface area contributed by atoms with E-state index in [1.165, 1.54) is 4.90 Å². The Morgan fingerprint density at radius 1 is 1.40 bits per heavy atom. The Morgan fingerprint density at radius 3 is 2.75 bits per heavy atom. The quantitative estimate of drug-likeness (QED) is 0.889. The maximum Gasteiger partial charge on any atom is 0.326 e. The normalized spacial score (nSPS) is 19.9. The average Bonchev–Trinajstić information content (AvgIpc) is 2.94. The van der Waals surface area contributed by atoms with Gasteiger partial charge in [-0.1, -0.05) is 30.3 Å². The third-order valence-corrected chi connectivity index (χ3v) is 3.51. The summed E-state index contributed by atoms with van der Waals surface area (Å²) in [7, 11) is 0. The van der Waals surface area contributed by atoms with Crippen molar-refractivity contribution < 1.29 is 19.4 Å². The number of benzene rings is 1. The van der Waals surface area contributed by atoms with Crippen molar-refractivity contribution in [1.82, 2.24) is 4.90 Å². The molecule has 108 valence electrons. The Hall–Kier alpha value is -1.88. The van der Waals surface area contributed by atoms with Gasteiger partial charge in [0.2, 0.25) is 0 Å². The van der Waals surface area contributed by atoms with Gasteiger partial charge in [0.15, 0.2) is 0 Å². The second-order valence-electron chi connectivity index (χ2n) is 4.97. The van der Waals surface area contributed by atoms with Gasteiger partial charge in [-0.25, -0.2) is 4.79 Å². The Bertz CT molecular complexity index is 474. The lowest BCUT2D eigenvalue weighted by atomic mass is 10.2. The fourth-order valence-corrected chi connectivity index (χ4v) is 2.39.